The molecule has 0 atom stereocenters. The Bertz CT molecular complexity index is 720. The lowest BCUT2D eigenvalue weighted by Gasteiger charge is -2.32. The van der Waals surface area contributed by atoms with E-state index in [0.717, 1.165) is 42.4 Å². The molecule has 2 amide bonds. The lowest BCUT2D eigenvalue weighted by atomic mass is 9.99. The van der Waals surface area contributed by atoms with Crippen molar-refractivity contribution < 1.29 is 9.53 Å². The van der Waals surface area contributed by atoms with Crippen molar-refractivity contribution in [1.29, 1.82) is 0 Å². The van der Waals surface area contributed by atoms with Gasteiger partial charge in [0.2, 0.25) is 0 Å². The summed E-state index contributed by atoms with van der Waals surface area (Å²) in [5, 5.41) is 5.79. The van der Waals surface area contributed by atoms with Crippen LogP contribution in [0.5, 0.6) is 5.75 Å². The normalized spacial score (nSPS) is 14.7. The highest BCUT2D eigenvalue weighted by molar-refractivity contribution is 5.89. The molecular formula is C22H29N3O2. The highest BCUT2D eigenvalue weighted by Crippen LogP contribution is 2.24. The summed E-state index contributed by atoms with van der Waals surface area (Å²) in [7, 11) is 1.65. The van der Waals surface area contributed by atoms with Crippen LogP contribution < -0.4 is 20.3 Å². The zero-order valence-electron chi connectivity index (χ0n) is 16.2. The molecule has 1 fully saturated rings. The number of nitrogens with zero attached hydrogens (tertiary/aromatic N) is 1. The molecule has 2 aromatic rings. The first-order valence-corrected chi connectivity index (χ1v) is 9.67. The maximum absolute atomic E-state index is 12.1. The van der Waals surface area contributed by atoms with Crippen molar-refractivity contribution in [2.45, 2.75) is 26.2 Å². The smallest absolute Gasteiger partial charge is 0.319 e. The van der Waals surface area contributed by atoms with Crippen LogP contribution in [0.3, 0.4) is 0 Å². The number of carbonyl (C=O) groups excluding carboxylic acids is 1. The Morgan fingerprint density at radius 2 is 1.74 bits per heavy atom. The maximum Gasteiger partial charge on any atom is 0.319 e. The second-order valence-corrected chi connectivity index (χ2v) is 7.20. The molecule has 5 heteroatoms. The summed E-state index contributed by atoms with van der Waals surface area (Å²) in [5.41, 5.74) is 3.20. The van der Waals surface area contributed by atoms with Crippen LogP contribution in [0.25, 0.3) is 0 Å². The largest absolute Gasteiger partial charge is 0.497 e. The van der Waals surface area contributed by atoms with Crippen LogP contribution >= 0.6 is 0 Å². The first-order chi connectivity index (χ1) is 13.1. The maximum atomic E-state index is 12.1. The van der Waals surface area contributed by atoms with Gasteiger partial charge >= 0.3 is 6.03 Å². The van der Waals surface area contributed by atoms with Crippen LogP contribution in [0.1, 0.15) is 25.3 Å². The number of carbonyl (C=O) groups is 1. The lowest BCUT2D eigenvalue weighted by Crippen LogP contribution is -2.32. The highest BCUT2D eigenvalue weighted by Gasteiger charge is 2.15. The minimum Gasteiger partial charge on any atom is -0.497 e. The molecule has 1 aliphatic heterocycles. The number of urea groups is 1. The van der Waals surface area contributed by atoms with E-state index in [4.69, 9.17) is 4.74 Å². The molecule has 0 radical (unpaired) electrons. The standard InChI is InChI=1S/C22H29N3O2/c1-17-12-15-25(16-13-17)20-7-5-19(6-8-20)24-22(26)23-14-11-18-3-9-21(27-2)10-4-18/h3-10,17H,11-16H2,1-2H3,(H2,23,24,26). The summed E-state index contributed by atoms with van der Waals surface area (Å²) in [5.74, 6) is 1.66. The van der Waals surface area contributed by atoms with E-state index in [9.17, 15) is 4.79 Å². The third-order valence-electron chi connectivity index (χ3n) is 5.13. The molecule has 1 heterocycles. The molecule has 27 heavy (non-hydrogen) atoms. The van der Waals surface area contributed by atoms with E-state index in [1.165, 1.54) is 18.5 Å². The Kier molecular flexibility index (Phi) is 6.58. The number of hydrogen-bond acceptors (Lipinski definition) is 3. The van der Waals surface area contributed by atoms with Crippen LogP contribution in [-0.2, 0) is 6.42 Å². The van der Waals surface area contributed by atoms with Gasteiger partial charge in [-0.2, -0.15) is 0 Å². The molecule has 0 saturated carbocycles. The molecular weight excluding hydrogens is 338 g/mol. The van der Waals surface area contributed by atoms with Gasteiger partial charge in [-0.3, -0.25) is 0 Å². The third-order valence-corrected chi connectivity index (χ3v) is 5.13. The Labute approximate surface area is 161 Å². The third kappa shape index (κ3) is 5.64. The van der Waals surface area contributed by atoms with Crippen LogP contribution in [0.4, 0.5) is 16.2 Å². The predicted molar refractivity (Wildman–Crippen MR) is 111 cm³/mol. The van der Waals surface area contributed by atoms with Crippen LogP contribution in [0.2, 0.25) is 0 Å². The van der Waals surface area contributed by atoms with E-state index in [0.29, 0.717) is 6.54 Å². The Hall–Kier alpha value is -2.69. The summed E-state index contributed by atoms with van der Waals surface area (Å²) in [6.07, 6.45) is 3.27. The monoisotopic (exact) mass is 367 g/mol. The van der Waals surface area contributed by atoms with E-state index in [1.54, 1.807) is 7.11 Å². The number of anilines is 2. The van der Waals surface area contributed by atoms with Crippen LogP contribution in [-0.4, -0.2) is 32.8 Å². The molecule has 0 bridgehead atoms. The van der Waals surface area contributed by atoms with Gasteiger partial charge in [0.15, 0.2) is 0 Å². The van der Waals surface area contributed by atoms with E-state index < -0.39 is 0 Å². The second-order valence-electron chi connectivity index (χ2n) is 7.20. The highest BCUT2D eigenvalue weighted by atomic mass is 16.5. The molecule has 2 N–H and O–H groups in total. The van der Waals surface area contributed by atoms with E-state index in [-0.39, 0.29) is 6.03 Å². The van der Waals surface area contributed by atoms with Gasteiger partial charge in [0.1, 0.15) is 5.75 Å². The SMILES string of the molecule is COc1ccc(CCNC(=O)Nc2ccc(N3CCC(C)CC3)cc2)cc1. The Balaban J connectivity index is 1.42. The number of hydrogen-bond donors (Lipinski definition) is 2. The number of methoxy groups -OCH3 is 1. The summed E-state index contributed by atoms with van der Waals surface area (Å²) in [6, 6.07) is 15.8. The van der Waals surface area contributed by atoms with E-state index in [2.05, 4.69) is 34.6 Å². The molecule has 144 valence electrons. The van der Waals surface area contributed by atoms with Crippen molar-refractivity contribution >= 4 is 17.4 Å². The van der Waals surface area contributed by atoms with Gasteiger partial charge in [0, 0.05) is 31.0 Å². The van der Waals surface area contributed by atoms with E-state index in [1.807, 2.05) is 36.4 Å². The number of benzene rings is 2. The summed E-state index contributed by atoms with van der Waals surface area (Å²) in [4.78, 5) is 14.5. The van der Waals surface area contributed by atoms with E-state index >= 15 is 0 Å². The van der Waals surface area contributed by atoms with Crippen molar-refractivity contribution in [1.82, 2.24) is 5.32 Å². The minimum atomic E-state index is -0.178. The fourth-order valence-corrected chi connectivity index (χ4v) is 3.31. The van der Waals surface area contributed by atoms with Gasteiger partial charge in [-0.1, -0.05) is 19.1 Å². The molecule has 0 aromatic heterocycles. The van der Waals surface area contributed by atoms with Gasteiger partial charge < -0.3 is 20.3 Å². The Morgan fingerprint density at radius 1 is 1.07 bits per heavy atom. The van der Waals surface area contributed by atoms with Gasteiger partial charge in [0.05, 0.1) is 7.11 Å². The van der Waals surface area contributed by atoms with Gasteiger partial charge in [-0.25, -0.2) is 4.79 Å². The molecule has 3 rings (SSSR count). The number of amides is 2. The van der Waals surface area contributed by atoms with Crippen molar-refractivity contribution in [3.05, 3.63) is 54.1 Å². The van der Waals surface area contributed by atoms with Crippen molar-refractivity contribution in [2.75, 3.05) is 37.0 Å². The molecule has 0 spiro atoms. The first kappa shape index (κ1) is 19.1. The van der Waals surface area contributed by atoms with Gasteiger partial charge in [-0.05, 0) is 67.1 Å². The molecule has 2 aromatic carbocycles. The fraction of sp³-hybridized carbons (Fsp3) is 0.409. The number of rotatable bonds is 6. The lowest BCUT2D eigenvalue weighted by molar-refractivity contribution is 0.252. The molecule has 0 unspecified atom stereocenters. The second kappa shape index (κ2) is 9.31. The predicted octanol–water partition coefficient (Wildman–Crippen LogP) is 4.30. The average molecular weight is 367 g/mol. The quantitative estimate of drug-likeness (QED) is 0.800. The van der Waals surface area contributed by atoms with Gasteiger partial charge in [-0.15, -0.1) is 0 Å². The summed E-state index contributed by atoms with van der Waals surface area (Å²) in [6.45, 7) is 5.12. The fourth-order valence-electron chi connectivity index (χ4n) is 3.31. The Morgan fingerprint density at radius 3 is 2.37 bits per heavy atom. The molecule has 0 aliphatic carbocycles. The average Bonchev–Trinajstić information content (AvgIpc) is 2.70. The number of ether oxygens (including phenoxy) is 1. The van der Waals surface area contributed by atoms with Crippen LogP contribution in [0.15, 0.2) is 48.5 Å². The number of nitrogens with one attached hydrogen (secondary N) is 2. The molecule has 1 aliphatic rings. The molecule has 1 saturated heterocycles. The summed E-state index contributed by atoms with van der Waals surface area (Å²) >= 11 is 0. The van der Waals surface area contributed by atoms with Crippen molar-refractivity contribution in [2.24, 2.45) is 5.92 Å². The topological polar surface area (TPSA) is 53.6 Å². The zero-order chi connectivity index (χ0) is 19.1. The number of piperidine rings is 1. The van der Waals surface area contributed by atoms with Crippen LogP contribution in [0, 0.1) is 5.92 Å². The van der Waals surface area contributed by atoms with Crippen molar-refractivity contribution in [3.63, 3.8) is 0 Å². The zero-order valence-corrected chi connectivity index (χ0v) is 16.2. The molecule has 5 nitrogen and oxygen atoms in total. The van der Waals surface area contributed by atoms with Crippen molar-refractivity contribution in [3.8, 4) is 5.75 Å². The van der Waals surface area contributed by atoms with Gasteiger partial charge in [0.25, 0.3) is 0 Å². The first-order valence-electron chi connectivity index (χ1n) is 9.67. The minimum absolute atomic E-state index is 0.178. The summed E-state index contributed by atoms with van der Waals surface area (Å²) < 4.78 is 5.15.